The van der Waals surface area contributed by atoms with E-state index in [9.17, 15) is 9.90 Å². The molecular weight excluding hydrogens is 275 g/mol. The summed E-state index contributed by atoms with van der Waals surface area (Å²) in [6.45, 7) is 1.73. The van der Waals surface area contributed by atoms with Crippen LogP contribution in [0.5, 0.6) is 0 Å². The average molecular weight is 289 g/mol. The second-order valence-corrected chi connectivity index (χ2v) is 5.14. The van der Waals surface area contributed by atoms with E-state index in [0.29, 0.717) is 35.2 Å². The number of benzene rings is 1. The van der Waals surface area contributed by atoms with Crippen LogP contribution < -0.4 is 10.6 Å². The number of aliphatic hydroxyl groups is 1. The van der Waals surface area contributed by atoms with Gasteiger partial charge in [0.2, 0.25) is 0 Å². The molecule has 1 fully saturated rings. The molecule has 0 spiro atoms. The van der Waals surface area contributed by atoms with Gasteiger partial charge in [0.05, 0.1) is 16.1 Å². The van der Waals surface area contributed by atoms with Crippen molar-refractivity contribution in [1.29, 1.82) is 0 Å². The summed E-state index contributed by atoms with van der Waals surface area (Å²) in [6, 6.07) is 4.74. The number of carbonyl (C=O) groups is 1. The van der Waals surface area contributed by atoms with Gasteiger partial charge in [-0.2, -0.15) is 0 Å². The molecule has 1 aliphatic heterocycles. The molecule has 1 aliphatic rings. The van der Waals surface area contributed by atoms with E-state index in [1.807, 2.05) is 0 Å². The highest BCUT2D eigenvalue weighted by Crippen LogP contribution is 2.22. The smallest absolute Gasteiger partial charge is 0.251 e. The predicted octanol–water partition coefficient (Wildman–Crippen LogP) is 1.30. The number of hydrogen-bond acceptors (Lipinski definition) is 3. The van der Waals surface area contributed by atoms with E-state index in [2.05, 4.69) is 10.6 Å². The minimum absolute atomic E-state index is 0.0525. The summed E-state index contributed by atoms with van der Waals surface area (Å²) in [6.07, 6.45) is -0.404. The highest BCUT2D eigenvalue weighted by molar-refractivity contribution is 6.42. The fourth-order valence-electron chi connectivity index (χ4n) is 1.89. The Kier molecular flexibility index (Phi) is 4.45. The predicted molar refractivity (Wildman–Crippen MR) is 71.2 cm³/mol. The summed E-state index contributed by atoms with van der Waals surface area (Å²) in [5.74, 6) is -0.163. The molecule has 0 bridgehead atoms. The molecule has 2 atom stereocenters. The second-order valence-electron chi connectivity index (χ2n) is 4.32. The first kappa shape index (κ1) is 13.6. The van der Waals surface area contributed by atoms with Crippen LogP contribution in [0.1, 0.15) is 10.4 Å². The van der Waals surface area contributed by atoms with Gasteiger partial charge < -0.3 is 15.7 Å². The maximum Gasteiger partial charge on any atom is 0.251 e. The number of rotatable bonds is 3. The fraction of sp³-hybridized carbons (Fsp3) is 0.417. The molecule has 0 aromatic heterocycles. The number of amides is 1. The molecule has 1 aromatic rings. The van der Waals surface area contributed by atoms with E-state index in [0.717, 1.165) is 0 Å². The van der Waals surface area contributed by atoms with Gasteiger partial charge in [-0.05, 0) is 18.2 Å². The van der Waals surface area contributed by atoms with Crippen LogP contribution in [0.15, 0.2) is 18.2 Å². The molecule has 0 radical (unpaired) electrons. The maximum absolute atomic E-state index is 11.9. The van der Waals surface area contributed by atoms with Gasteiger partial charge in [-0.15, -0.1) is 0 Å². The number of hydrogen-bond donors (Lipinski definition) is 3. The van der Waals surface area contributed by atoms with Crippen molar-refractivity contribution < 1.29 is 9.90 Å². The van der Waals surface area contributed by atoms with E-state index in [4.69, 9.17) is 23.2 Å². The highest BCUT2D eigenvalue weighted by atomic mass is 35.5. The van der Waals surface area contributed by atoms with Crippen LogP contribution in [0, 0.1) is 5.92 Å². The van der Waals surface area contributed by atoms with Crippen molar-refractivity contribution in [2.45, 2.75) is 6.10 Å². The van der Waals surface area contributed by atoms with Gasteiger partial charge in [0.15, 0.2) is 0 Å². The Morgan fingerprint density at radius 2 is 2.17 bits per heavy atom. The molecule has 1 heterocycles. The molecule has 2 unspecified atom stereocenters. The molecule has 0 saturated carbocycles. The Bertz CT molecular complexity index is 454. The molecule has 1 saturated heterocycles. The van der Waals surface area contributed by atoms with Gasteiger partial charge >= 0.3 is 0 Å². The molecule has 3 N–H and O–H groups in total. The van der Waals surface area contributed by atoms with Crippen LogP contribution in [-0.4, -0.2) is 36.8 Å². The molecule has 1 aromatic carbocycles. The van der Waals surface area contributed by atoms with Crippen LogP contribution in [0.4, 0.5) is 0 Å². The Morgan fingerprint density at radius 3 is 2.78 bits per heavy atom. The third-order valence-electron chi connectivity index (χ3n) is 3.01. The minimum atomic E-state index is -0.404. The zero-order chi connectivity index (χ0) is 13.1. The average Bonchev–Trinajstić information content (AvgIpc) is 2.75. The lowest BCUT2D eigenvalue weighted by atomic mass is 10.1. The summed E-state index contributed by atoms with van der Waals surface area (Å²) in [7, 11) is 0. The van der Waals surface area contributed by atoms with Crippen molar-refractivity contribution in [2.24, 2.45) is 5.92 Å². The fourth-order valence-corrected chi connectivity index (χ4v) is 2.19. The molecule has 0 aliphatic carbocycles. The summed E-state index contributed by atoms with van der Waals surface area (Å²) in [5.41, 5.74) is 0.463. The molecular formula is C12H14Cl2N2O2. The molecule has 2 rings (SSSR count). The molecule has 18 heavy (non-hydrogen) atoms. The lowest BCUT2D eigenvalue weighted by Gasteiger charge is -2.14. The van der Waals surface area contributed by atoms with Gasteiger partial charge in [-0.25, -0.2) is 0 Å². The van der Waals surface area contributed by atoms with Gasteiger partial charge in [0.1, 0.15) is 0 Å². The van der Waals surface area contributed by atoms with Crippen LogP contribution in [-0.2, 0) is 0 Å². The first-order valence-electron chi connectivity index (χ1n) is 5.70. The normalized spacial score (nSPS) is 23.1. The van der Waals surface area contributed by atoms with Crippen LogP contribution >= 0.6 is 23.2 Å². The Balaban J connectivity index is 1.93. The summed E-state index contributed by atoms with van der Waals surface area (Å²) < 4.78 is 0. The monoisotopic (exact) mass is 288 g/mol. The van der Waals surface area contributed by atoms with Crippen molar-refractivity contribution in [3.63, 3.8) is 0 Å². The van der Waals surface area contributed by atoms with Gasteiger partial charge in [-0.3, -0.25) is 4.79 Å². The first-order valence-corrected chi connectivity index (χ1v) is 6.45. The van der Waals surface area contributed by atoms with E-state index >= 15 is 0 Å². The van der Waals surface area contributed by atoms with E-state index in [1.165, 1.54) is 6.07 Å². The van der Waals surface area contributed by atoms with Crippen LogP contribution in [0.3, 0.4) is 0 Å². The van der Waals surface area contributed by atoms with Crippen LogP contribution in [0.2, 0.25) is 10.0 Å². The Hall–Kier alpha value is -0.810. The molecule has 6 heteroatoms. The van der Waals surface area contributed by atoms with Crippen molar-refractivity contribution in [1.82, 2.24) is 10.6 Å². The van der Waals surface area contributed by atoms with Crippen molar-refractivity contribution in [3.8, 4) is 0 Å². The third-order valence-corrected chi connectivity index (χ3v) is 3.75. The third kappa shape index (κ3) is 3.14. The van der Waals surface area contributed by atoms with Gasteiger partial charge in [-0.1, -0.05) is 23.2 Å². The SMILES string of the molecule is O=C(NCC1CNCC1O)c1ccc(Cl)c(Cl)c1. The first-order chi connectivity index (χ1) is 8.58. The van der Waals surface area contributed by atoms with E-state index < -0.39 is 6.10 Å². The zero-order valence-corrected chi connectivity index (χ0v) is 11.1. The molecule has 1 amide bonds. The van der Waals surface area contributed by atoms with Crippen molar-refractivity contribution in [3.05, 3.63) is 33.8 Å². The van der Waals surface area contributed by atoms with Gasteiger partial charge in [0.25, 0.3) is 5.91 Å². The standard InChI is InChI=1S/C12H14Cl2N2O2/c13-9-2-1-7(3-10(9)14)12(18)16-5-8-4-15-6-11(8)17/h1-3,8,11,15,17H,4-6H2,(H,16,18). The number of carbonyl (C=O) groups excluding carboxylic acids is 1. The minimum Gasteiger partial charge on any atom is -0.391 e. The summed E-state index contributed by atoms with van der Waals surface area (Å²) >= 11 is 11.6. The summed E-state index contributed by atoms with van der Waals surface area (Å²) in [5, 5.41) is 16.2. The van der Waals surface area contributed by atoms with Crippen molar-refractivity contribution in [2.75, 3.05) is 19.6 Å². The number of β-amino-alcohol motifs (C(OH)–C–C–N with tert-alkyl or cyclic N) is 1. The number of aliphatic hydroxyl groups excluding tert-OH is 1. The molecule has 4 nitrogen and oxygen atoms in total. The second kappa shape index (κ2) is 5.89. The topological polar surface area (TPSA) is 61.4 Å². The Labute approximate surface area is 115 Å². The number of nitrogens with one attached hydrogen (secondary N) is 2. The van der Waals surface area contributed by atoms with Crippen LogP contribution in [0.25, 0.3) is 0 Å². The molecule has 98 valence electrons. The maximum atomic E-state index is 11.9. The quantitative estimate of drug-likeness (QED) is 0.786. The summed E-state index contributed by atoms with van der Waals surface area (Å²) in [4.78, 5) is 11.9. The Morgan fingerprint density at radius 1 is 1.39 bits per heavy atom. The van der Waals surface area contributed by atoms with Gasteiger partial charge in [0, 0.05) is 31.1 Å². The van der Waals surface area contributed by atoms with E-state index in [-0.39, 0.29) is 11.8 Å². The lowest BCUT2D eigenvalue weighted by molar-refractivity contribution is 0.0927. The van der Waals surface area contributed by atoms with E-state index in [1.54, 1.807) is 12.1 Å². The highest BCUT2D eigenvalue weighted by Gasteiger charge is 2.25. The van der Waals surface area contributed by atoms with Crippen molar-refractivity contribution >= 4 is 29.1 Å². The lowest BCUT2D eigenvalue weighted by Crippen LogP contribution is -2.34. The zero-order valence-electron chi connectivity index (χ0n) is 9.62. The largest absolute Gasteiger partial charge is 0.391 e. The number of halogens is 2.